The zero-order chi connectivity index (χ0) is 22.2. The van der Waals surface area contributed by atoms with Crippen LogP contribution in [0.5, 0.6) is 0 Å². The molecular formula is C23H33FN4O3. The highest BCUT2D eigenvalue weighted by molar-refractivity contribution is 5.85. The minimum atomic E-state index is -0.890. The number of rotatable bonds is 4. The van der Waals surface area contributed by atoms with Gasteiger partial charge in [0.05, 0.1) is 5.41 Å². The largest absolute Gasteiger partial charge is 0.465 e. The first kappa shape index (κ1) is 21.9. The maximum Gasteiger partial charge on any atom is 0.407 e. The Hall–Kier alpha value is -2.35. The van der Waals surface area contributed by atoms with Crippen molar-refractivity contribution in [1.82, 2.24) is 14.7 Å². The van der Waals surface area contributed by atoms with Crippen molar-refractivity contribution in [3.05, 3.63) is 30.1 Å². The molecule has 170 valence electrons. The molecule has 3 fully saturated rings. The van der Waals surface area contributed by atoms with Crippen LogP contribution in [0.3, 0.4) is 0 Å². The van der Waals surface area contributed by atoms with Gasteiger partial charge in [-0.3, -0.25) is 9.69 Å². The van der Waals surface area contributed by atoms with Crippen molar-refractivity contribution >= 4 is 17.7 Å². The van der Waals surface area contributed by atoms with Gasteiger partial charge in [0.25, 0.3) is 0 Å². The fourth-order valence-electron chi connectivity index (χ4n) is 5.58. The average molecular weight is 433 g/mol. The van der Waals surface area contributed by atoms with Crippen LogP contribution in [-0.4, -0.2) is 90.2 Å². The molecule has 3 aliphatic heterocycles. The number of nitrogens with zero attached hydrogens (tertiary/aromatic N) is 4. The topological polar surface area (TPSA) is 67.3 Å². The first-order valence-electron chi connectivity index (χ1n) is 11.3. The minimum absolute atomic E-state index is 0.191. The summed E-state index contributed by atoms with van der Waals surface area (Å²) in [6.07, 6.45) is 2.14. The van der Waals surface area contributed by atoms with Crippen LogP contribution in [0, 0.1) is 11.2 Å². The summed E-state index contributed by atoms with van der Waals surface area (Å²) in [5.41, 5.74) is 0.682. The summed E-state index contributed by atoms with van der Waals surface area (Å²) >= 11 is 0. The van der Waals surface area contributed by atoms with E-state index in [2.05, 4.69) is 16.7 Å². The van der Waals surface area contributed by atoms with Crippen molar-refractivity contribution in [2.75, 3.05) is 51.2 Å². The third-order valence-electron chi connectivity index (χ3n) is 7.65. The highest BCUT2D eigenvalue weighted by atomic mass is 19.1. The number of hydrogen-bond acceptors (Lipinski definition) is 4. The number of likely N-dealkylation sites (tertiary alicyclic amines) is 2. The third-order valence-corrected chi connectivity index (χ3v) is 7.65. The van der Waals surface area contributed by atoms with E-state index in [-0.39, 0.29) is 23.2 Å². The SMILES string of the molecule is C[C@H]1CN(c2ccc(F)cc2)CCN1CC[C@H]1CC2(CCN(C(=O)O)CC2)C(=O)N1C. The van der Waals surface area contributed by atoms with Crippen LogP contribution >= 0.6 is 0 Å². The van der Waals surface area contributed by atoms with Gasteiger partial charge in [0.1, 0.15) is 5.82 Å². The number of carbonyl (C=O) groups is 2. The molecule has 0 unspecified atom stereocenters. The normalized spacial score (nSPS) is 26.7. The van der Waals surface area contributed by atoms with Gasteiger partial charge in [-0.15, -0.1) is 0 Å². The van der Waals surface area contributed by atoms with E-state index in [1.807, 2.05) is 24.1 Å². The summed E-state index contributed by atoms with van der Waals surface area (Å²) in [6, 6.07) is 7.30. The summed E-state index contributed by atoms with van der Waals surface area (Å²) in [5.74, 6) is -0.0196. The monoisotopic (exact) mass is 432 g/mol. The molecule has 3 saturated heterocycles. The smallest absolute Gasteiger partial charge is 0.407 e. The molecule has 31 heavy (non-hydrogen) atoms. The number of halogens is 1. The van der Waals surface area contributed by atoms with E-state index in [1.54, 1.807) is 0 Å². The Labute approximate surface area is 183 Å². The number of carboxylic acid groups (broad SMARTS) is 1. The van der Waals surface area contributed by atoms with E-state index in [9.17, 15) is 19.1 Å². The number of hydrogen-bond donors (Lipinski definition) is 1. The molecule has 0 radical (unpaired) electrons. The quantitative estimate of drug-likeness (QED) is 0.793. The van der Waals surface area contributed by atoms with Crippen molar-refractivity contribution in [3.63, 3.8) is 0 Å². The molecule has 8 heteroatoms. The van der Waals surface area contributed by atoms with Gasteiger partial charge < -0.3 is 19.8 Å². The molecule has 0 bridgehead atoms. The Morgan fingerprint density at radius 2 is 1.84 bits per heavy atom. The molecule has 7 nitrogen and oxygen atoms in total. The van der Waals surface area contributed by atoms with E-state index in [0.717, 1.165) is 44.7 Å². The van der Waals surface area contributed by atoms with Gasteiger partial charge in [-0.05, 0) is 56.9 Å². The molecule has 2 amide bonds. The van der Waals surface area contributed by atoms with Crippen molar-refractivity contribution in [3.8, 4) is 0 Å². The molecule has 1 N–H and O–H groups in total. The number of anilines is 1. The van der Waals surface area contributed by atoms with Crippen LogP contribution in [0.15, 0.2) is 24.3 Å². The Balaban J connectivity index is 1.30. The summed E-state index contributed by atoms with van der Waals surface area (Å²) < 4.78 is 13.2. The van der Waals surface area contributed by atoms with Gasteiger partial charge in [-0.25, -0.2) is 9.18 Å². The fraction of sp³-hybridized carbons (Fsp3) is 0.652. The zero-order valence-corrected chi connectivity index (χ0v) is 18.5. The zero-order valence-electron chi connectivity index (χ0n) is 18.5. The lowest BCUT2D eigenvalue weighted by Gasteiger charge is -2.41. The number of piperidine rings is 1. The highest BCUT2D eigenvalue weighted by Crippen LogP contribution is 2.44. The van der Waals surface area contributed by atoms with E-state index in [1.165, 1.54) is 17.0 Å². The Kier molecular flexibility index (Phi) is 6.10. The summed E-state index contributed by atoms with van der Waals surface area (Å²) in [6.45, 7) is 6.82. The Morgan fingerprint density at radius 3 is 2.45 bits per heavy atom. The predicted octanol–water partition coefficient (Wildman–Crippen LogP) is 2.72. The summed E-state index contributed by atoms with van der Waals surface area (Å²) in [5, 5.41) is 9.20. The summed E-state index contributed by atoms with van der Waals surface area (Å²) in [7, 11) is 1.90. The first-order chi connectivity index (χ1) is 14.8. The summed E-state index contributed by atoms with van der Waals surface area (Å²) in [4.78, 5) is 32.4. The van der Waals surface area contributed by atoms with Crippen LogP contribution in [-0.2, 0) is 4.79 Å². The average Bonchev–Trinajstić information content (AvgIpc) is 2.98. The second-order valence-electron chi connectivity index (χ2n) is 9.42. The van der Waals surface area contributed by atoms with Gasteiger partial charge in [0.15, 0.2) is 0 Å². The maximum absolute atomic E-state index is 13.2. The van der Waals surface area contributed by atoms with Gasteiger partial charge in [-0.1, -0.05) is 0 Å². The molecule has 1 aromatic rings. The van der Waals surface area contributed by atoms with Crippen molar-refractivity contribution in [2.45, 2.75) is 44.7 Å². The van der Waals surface area contributed by atoms with Gasteiger partial charge in [0.2, 0.25) is 5.91 Å². The molecule has 0 aromatic heterocycles. The van der Waals surface area contributed by atoms with Crippen LogP contribution in [0.25, 0.3) is 0 Å². The molecule has 1 spiro atoms. The maximum atomic E-state index is 13.2. The highest BCUT2D eigenvalue weighted by Gasteiger charge is 2.51. The Bertz CT molecular complexity index is 810. The molecule has 0 aliphatic carbocycles. The van der Waals surface area contributed by atoms with E-state index < -0.39 is 6.09 Å². The number of benzene rings is 1. The van der Waals surface area contributed by atoms with Gasteiger partial charge in [-0.2, -0.15) is 0 Å². The number of piperazine rings is 1. The van der Waals surface area contributed by atoms with Crippen molar-refractivity contribution in [2.24, 2.45) is 5.41 Å². The van der Waals surface area contributed by atoms with Gasteiger partial charge >= 0.3 is 6.09 Å². The molecule has 4 rings (SSSR count). The lowest BCUT2D eigenvalue weighted by Crippen LogP contribution is -2.52. The van der Waals surface area contributed by atoms with Crippen LogP contribution in [0.4, 0.5) is 14.9 Å². The number of amides is 2. The van der Waals surface area contributed by atoms with E-state index >= 15 is 0 Å². The van der Waals surface area contributed by atoms with Gasteiger partial charge in [0, 0.05) is 64.1 Å². The molecule has 0 saturated carbocycles. The van der Waals surface area contributed by atoms with E-state index in [4.69, 9.17) is 0 Å². The molecule has 3 heterocycles. The molecule has 3 aliphatic rings. The fourth-order valence-corrected chi connectivity index (χ4v) is 5.58. The lowest BCUT2D eigenvalue weighted by molar-refractivity contribution is -0.137. The van der Waals surface area contributed by atoms with Crippen molar-refractivity contribution in [1.29, 1.82) is 0 Å². The van der Waals surface area contributed by atoms with Crippen LogP contribution < -0.4 is 4.90 Å². The predicted molar refractivity (Wildman–Crippen MR) is 117 cm³/mol. The minimum Gasteiger partial charge on any atom is -0.465 e. The Morgan fingerprint density at radius 1 is 1.16 bits per heavy atom. The molecular weight excluding hydrogens is 399 g/mol. The first-order valence-corrected chi connectivity index (χ1v) is 11.3. The third kappa shape index (κ3) is 4.35. The van der Waals surface area contributed by atoms with Crippen LogP contribution in [0.1, 0.15) is 32.6 Å². The van der Waals surface area contributed by atoms with E-state index in [0.29, 0.717) is 32.0 Å². The van der Waals surface area contributed by atoms with Crippen LogP contribution in [0.2, 0.25) is 0 Å². The molecule has 1 aromatic carbocycles. The second kappa shape index (κ2) is 8.65. The second-order valence-corrected chi connectivity index (χ2v) is 9.42. The lowest BCUT2D eigenvalue weighted by atomic mass is 9.76. The van der Waals surface area contributed by atoms with Crippen molar-refractivity contribution < 1.29 is 19.1 Å². The molecule has 2 atom stereocenters. The number of carbonyl (C=O) groups excluding carboxylic acids is 1. The standard InChI is InChI=1S/C23H33FN4O3/c1-17-16-28(19-5-3-18(24)4-6-19)14-13-26(17)10-7-20-15-23(21(29)25(20)2)8-11-27(12-9-23)22(30)31/h3-6,17,20H,7-16H2,1-2H3,(H,30,31)/t17-,20-/m0/s1.